The summed E-state index contributed by atoms with van der Waals surface area (Å²) < 4.78 is 5.54. The lowest BCUT2D eigenvalue weighted by atomic mass is 10.1. The minimum Gasteiger partial charge on any atom is -0.409 e. The van der Waals surface area contributed by atoms with Crippen LogP contribution >= 0.6 is 0 Å². The average molecular weight is 257 g/mol. The van der Waals surface area contributed by atoms with E-state index in [0.717, 1.165) is 25.9 Å². The van der Waals surface area contributed by atoms with E-state index in [0.29, 0.717) is 13.0 Å². The second-order valence-electron chi connectivity index (χ2n) is 4.89. The van der Waals surface area contributed by atoms with Crippen molar-refractivity contribution in [2.75, 3.05) is 20.2 Å². The Balaban J connectivity index is 2.36. The van der Waals surface area contributed by atoms with Gasteiger partial charge in [-0.2, -0.15) is 0 Å². The van der Waals surface area contributed by atoms with Gasteiger partial charge >= 0.3 is 0 Å². The predicted molar refractivity (Wildman–Crippen MR) is 68.4 cm³/mol. The van der Waals surface area contributed by atoms with Crippen molar-refractivity contribution in [1.82, 2.24) is 4.90 Å². The van der Waals surface area contributed by atoms with E-state index in [9.17, 15) is 4.79 Å². The zero-order valence-electron chi connectivity index (χ0n) is 11.1. The number of nitrogens with zero attached hydrogens (tertiary/aromatic N) is 2. The van der Waals surface area contributed by atoms with Crippen molar-refractivity contribution in [3.63, 3.8) is 0 Å². The van der Waals surface area contributed by atoms with Crippen LogP contribution < -0.4 is 5.73 Å². The molecule has 1 heterocycles. The van der Waals surface area contributed by atoms with Crippen molar-refractivity contribution in [3.05, 3.63) is 0 Å². The van der Waals surface area contributed by atoms with Crippen LogP contribution in [0.5, 0.6) is 0 Å². The molecule has 1 saturated heterocycles. The number of amidine groups is 1. The third-order valence-corrected chi connectivity index (χ3v) is 3.27. The first kappa shape index (κ1) is 14.8. The molecule has 0 spiro atoms. The number of carbonyl (C=O) groups is 1. The van der Waals surface area contributed by atoms with Gasteiger partial charge < -0.3 is 20.6 Å². The van der Waals surface area contributed by atoms with Gasteiger partial charge in [0, 0.05) is 26.1 Å². The molecule has 6 nitrogen and oxygen atoms in total. The molecular weight excluding hydrogens is 234 g/mol. The highest BCUT2D eigenvalue weighted by Crippen LogP contribution is 2.16. The van der Waals surface area contributed by atoms with Crippen LogP contribution in [0, 0.1) is 5.92 Å². The van der Waals surface area contributed by atoms with Gasteiger partial charge in [0.25, 0.3) is 0 Å². The van der Waals surface area contributed by atoms with Crippen molar-refractivity contribution in [3.8, 4) is 0 Å². The first-order valence-electron chi connectivity index (χ1n) is 6.37. The normalized spacial score (nSPS) is 22.6. The third kappa shape index (κ3) is 4.52. The van der Waals surface area contributed by atoms with E-state index >= 15 is 0 Å². The summed E-state index contributed by atoms with van der Waals surface area (Å²) in [6, 6.07) is 0. The van der Waals surface area contributed by atoms with Crippen LogP contribution in [0.2, 0.25) is 0 Å². The van der Waals surface area contributed by atoms with Crippen molar-refractivity contribution in [1.29, 1.82) is 0 Å². The summed E-state index contributed by atoms with van der Waals surface area (Å²) in [5.74, 6) is 0.0271. The summed E-state index contributed by atoms with van der Waals surface area (Å²) in [7, 11) is 1.73. The summed E-state index contributed by atoms with van der Waals surface area (Å²) in [6.07, 6.45) is 3.63. The SMILES string of the molecule is CC(CN(C)C(=O)CC1CCCCO1)C(N)=NO. The van der Waals surface area contributed by atoms with E-state index in [1.165, 1.54) is 0 Å². The monoisotopic (exact) mass is 257 g/mol. The molecule has 2 atom stereocenters. The molecule has 1 rings (SSSR count). The van der Waals surface area contributed by atoms with E-state index in [2.05, 4.69) is 5.16 Å². The fourth-order valence-electron chi connectivity index (χ4n) is 2.02. The van der Waals surface area contributed by atoms with Crippen LogP contribution in [-0.2, 0) is 9.53 Å². The van der Waals surface area contributed by atoms with E-state index < -0.39 is 0 Å². The molecule has 1 aliphatic heterocycles. The topological polar surface area (TPSA) is 88.2 Å². The Morgan fingerprint density at radius 1 is 1.61 bits per heavy atom. The van der Waals surface area contributed by atoms with Crippen LogP contribution in [0.3, 0.4) is 0 Å². The van der Waals surface area contributed by atoms with Crippen molar-refractivity contribution < 1.29 is 14.7 Å². The van der Waals surface area contributed by atoms with Gasteiger partial charge in [0.1, 0.15) is 5.84 Å². The van der Waals surface area contributed by atoms with Crippen LogP contribution in [0.4, 0.5) is 0 Å². The Hall–Kier alpha value is -1.30. The minimum atomic E-state index is -0.156. The summed E-state index contributed by atoms with van der Waals surface area (Å²) in [5.41, 5.74) is 5.49. The third-order valence-electron chi connectivity index (χ3n) is 3.27. The largest absolute Gasteiger partial charge is 0.409 e. The molecule has 0 aromatic rings. The van der Waals surface area contributed by atoms with Gasteiger partial charge in [0.15, 0.2) is 0 Å². The zero-order chi connectivity index (χ0) is 13.5. The zero-order valence-corrected chi connectivity index (χ0v) is 11.1. The molecule has 18 heavy (non-hydrogen) atoms. The summed E-state index contributed by atoms with van der Waals surface area (Å²) >= 11 is 0. The number of oxime groups is 1. The quantitative estimate of drug-likeness (QED) is 0.330. The van der Waals surface area contributed by atoms with E-state index in [1.807, 2.05) is 6.92 Å². The average Bonchev–Trinajstić information content (AvgIpc) is 2.38. The Kier molecular flexibility index (Phi) is 5.91. The first-order valence-corrected chi connectivity index (χ1v) is 6.37. The van der Waals surface area contributed by atoms with Crippen LogP contribution in [0.25, 0.3) is 0 Å². The lowest BCUT2D eigenvalue weighted by Crippen LogP contribution is -2.38. The highest BCUT2D eigenvalue weighted by Gasteiger charge is 2.21. The molecule has 6 heteroatoms. The molecule has 1 aliphatic rings. The number of ether oxygens (including phenoxy) is 1. The van der Waals surface area contributed by atoms with E-state index in [1.54, 1.807) is 11.9 Å². The summed E-state index contributed by atoms with van der Waals surface area (Å²) in [6.45, 7) is 3.01. The molecule has 1 fully saturated rings. The van der Waals surface area contributed by atoms with Gasteiger partial charge in [0.05, 0.1) is 12.5 Å². The number of hydrogen-bond donors (Lipinski definition) is 2. The van der Waals surface area contributed by atoms with Crippen LogP contribution in [0.1, 0.15) is 32.6 Å². The molecule has 3 N–H and O–H groups in total. The van der Waals surface area contributed by atoms with Gasteiger partial charge in [-0.15, -0.1) is 0 Å². The van der Waals surface area contributed by atoms with Gasteiger partial charge in [-0.1, -0.05) is 12.1 Å². The maximum Gasteiger partial charge on any atom is 0.224 e. The highest BCUT2D eigenvalue weighted by molar-refractivity contribution is 5.83. The Labute approximate surface area is 108 Å². The fourth-order valence-corrected chi connectivity index (χ4v) is 2.02. The second-order valence-corrected chi connectivity index (χ2v) is 4.89. The Morgan fingerprint density at radius 2 is 2.33 bits per heavy atom. The van der Waals surface area contributed by atoms with Crippen molar-refractivity contribution in [2.24, 2.45) is 16.8 Å². The van der Waals surface area contributed by atoms with E-state index in [-0.39, 0.29) is 23.8 Å². The first-order chi connectivity index (χ1) is 8.54. The van der Waals surface area contributed by atoms with Crippen LogP contribution in [-0.4, -0.2) is 48.2 Å². The standard InChI is InChI=1S/C12H23N3O3/c1-9(12(13)14-17)8-15(2)11(16)7-10-5-3-4-6-18-10/h9-10,17H,3-8H2,1-2H3,(H2,13,14). The van der Waals surface area contributed by atoms with Gasteiger partial charge in [-0.25, -0.2) is 0 Å². The van der Waals surface area contributed by atoms with E-state index in [4.69, 9.17) is 15.7 Å². The Bertz CT molecular complexity index is 301. The summed E-state index contributed by atoms with van der Waals surface area (Å²) in [5, 5.41) is 11.5. The summed E-state index contributed by atoms with van der Waals surface area (Å²) in [4.78, 5) is 13.6. The highest BCUT2D eigenvalue weighted by atomic mass is 16.5. The number of nitrogens with two attached hydrogens (primary N) is 1. The molecule has 0 radical (unpaired) electrons. The second kappa shape index (κ2) is 7.20. The molecule has 0 saturated carbocycles. The fraction of sp³-hybridized carbons (Fsp3) is 0.833. The minimum absolute atomic E-state index is 0.0412. The maximum absolute atomic E-state index is 12.0. The molecule has 104 valence electrons. The van der Waals surface area contributed by atoms with Crippen molar-refractivity contribution in [2.45, 2.75) is 38.7 Å². The molecular formula is C12H23N3O3. The lowest BCUT2D eigenvalue weighted by Gasteiger charge is -2.26. The van der Waals surface area contributed by atoms with Crippen LogP contribution in [0.15, 0.2) is 5.16 Å². The molecule has 0 aliphatic carbocycles. The van der Waals surface area contributed by atoms with Crippen molar-refractivity contribution >= 4 is 11.7 Å². The van der Waals surface area contributed by atoms with Gasteiger partial charge in [-0.05, 0) is 19.3 Å². The Morgan fingerprint density at radius 3 is 2.89 bits per heavy atom. The number of hydrogen-bond acceptors (Lipinski definition) is 4. The lowest BCUT2D eigenvalue weighted by molar-refractivity contribution is -0.134. The maximum atomic E-state index is 12.0. The predicted octanol–water partition coefficient (Wildman–Crippen LogP) is 0.787. The number of amides is 1. The molecule has 0 aromatic carbocycles. The molecule has 1 amide bonds. The number of carbonyl (C=O) groups excluding carboxylic acids is 1. The van der Waals surface area contributed by atoms with Gasteiger partial charge in [-0.3, -0.25) is 4.79 Å². The molecule has 2 unspecified atom stereocenters. The molecule has 0 aromatic heterocycles. The molecule has 0 bridgehead atoms. The van der Waals surface area contributed by atoms with Gasteiger partial charge in [0.2, 0.25) is 5.91 Å². The number of rotatable bonds is 5. The smallest absolute Gasteiger partial charge is 0.224 e.